The van der Waals surface area contributed by atoms with Crippen LogP contribution in [0.15, 0.2) is 12.1 Å². The summed E-state index contributed by atoms with van der Waals surface area (Å²) >= 11 is 0. The van der Waals surface area contributed by atoms with Gasteiger partial charge in [-0.3, -0.25) is 0 Å². The Labute approximate surface area is 115 Å². The second-order valence-electron chi connectivity index (χ2n) is 4.07. The summed E-state index contributed by atoms with van der Waals surface area (Å²) in [6.45, 7) is 8.34. The lowest BCUT2D eigenvalue weighted by atomic mass is 10.1. The SMILES string of the molecule is CCOc1ccc(CCCN)c(OCC)c1OCC. The molecule has 0 radical (unpaired) electrons. The van der Waals surface area contributed by atoms with Crippen LogP contribution in [-0.2, 0) is 6.42 Å². The van der Waals surface area contributed by atoms with Crippen molar-refractivity contribution in [3.8, 4) is 17.2 Å². The molecule has 2 N–H and O–H groups in total. The summed E-state index contributed by atoms with van der Waals surface area (Å²) in [4.78, 5) is 0. The number of hydrogen-bond acceptors (Lipinski definition) is 4. The number of aryl methyl sites for hydroxylation is 1. The smallest absolute Gasteiger partial charge is 0.203 e. The zero-order chi connectivity index (χ0) is 14.1. The van der Waals surface area contributed by atoms with Gasteiger partial charge in [-0.25, -0.2) is 0 Å². The molecule has 0 atom stereocenters. The first-order valence-corrected chi connectivity index (χ1v) is 7.02. The summed E-state index contributed by atoms with van der Waals surface area (Å²) in [5.41, 5.74) is 6.70. The number of ether oxygens (including phenoxy) is 3. The molecule has 0 bridgehead atoms. The highest BCUT2D eigenvalue weighted by molar-refractivity contribution is 5.56. The quantitative estimate of drug-likeness (QED) is 0.747. The van der Waals surface area contributed by atoms with E-state index in [9.17, 15) is 0 Å². The molecule has 0 heterocycles. The molecule has 1 aromatic carbocycles. The van der Waals surface area contributed by atoms with Crippen LogP contribution in [0, 0.1) is 0 Å². The molecule has 0 aliphatic carbocycles. The van der Waals surface area contributed by atoms with Gasteiger partial charge in [0.05, 0.1) is 19.8 Å². The number of benzene rings is 1. The Kier molecular flexibility index (Phi) is 7.11. The highest BCUT2D eigenvalue weighted by Gasteiger charge is 2.16. The van der Waals surface area contributed by atoms with Gasteiger partial charge in [0.1, 0.15) is 0 Å². The third-order valence-corrected chi connectivity index (χ3v) is 2.68. The first kappa shape index (κ1) is 15.6. The first-order chi connectivity index (χ1) is 9.28. The van der Waals surface area contributed by atoms with Crippen LogP contribution in [0.4, 0.5) is 0 Å². The largest absolute Gasteiger partial charge is 0.490 e. The maximum atomic E-state index is 5.76. The summed E-state index contributed by atoms with van der Waals surface area (Å²) in [7, 11) is 0. The van der Waals surface area contributed by atoms with Gasteiger partial charge in [-0.15, -0.1) is 0 Å². The molecule has 0 unspecified atom stereocenters. The van der Waals surface area contributed by atoms with Crippen molar-refractivity contribution < 1.29 is 14.2 Å². The van der Waals surface area contributed by atoms with E-state index in [4.69, 9.17) is 19.9 Å². The van der Waals surface area contributed by atoms with Gasteiger partial charge in [0.15, 0.2) is 11.5 Å². The third kappa shape index (κ3) is 4.31. The summed E-state index contributed by atoms with van der Waals surface area (Å²) in [5.74, 6) is 2.24. The molecular weight excluding hydrogens is 242 g/mol. The van der Waals surface area contributed by atoms with E-state index in [1.807, 2.05) is 32.9 Å². The van der Waals surface area contributed by atoms with Crippen LogP contribution in [0.3, 0.4) is 0 Å². The molecule has 0 aromatic heterocycles. The van der Waals surface area contributed by atoms with E-state index in [2.05, 4.69) is 0 Å². The van der Waals surface area contributed by atoms with Gasteiger partial charge in [-0.05, 0) is 51.8 Å². The Balaban J connectivity index is 3.14. The van der Waals surface area contributed by atoms with Crippen molar-refractivity contribution in [2.24, 2.45) is 5.73 Å². The average Bonchev–Trinajstić information content (AvgIpc) is 2.42. The maximum absolute atomic E-state index is 5.76. The van der Waals surface area contributed by atoms with Crippen molar-refractivity contribution in [1.29, 1.82) is 0 Å². The monoisotopic (exact) mass is 267 g/mol. The topological polar surface area (TPSA) is 53.7 Å². The molecule has 0 saturated carbocycles. The third-order valence-electron chi connectivity index (χ3n) is 2.68. The van der Waals surface area contributed by atoms with E-state index >= 15 is 0 Å². The van der Waals surface area contributed by atoms with Gasteiger partial charge in [-0.1, -0.05) is 6.07 Å². The first-order valence-electron chi connectivity index (χ1n) is 7.02. The maximum Gasteiger partial charge on any atom is 0.203 e. The van der Waals surface area contributed by atoms with Crippen LogP contribution in [0.25, 0.3) is 0 Å². The second kappa shape index (κ2) is 8.64. The minimum Gasteiger partial charge on any atom is -0.490 e. The van der Waals surface area contributed by atoms with Gasteiger partial charge in [-0.2, -0.15) is 0 Å². The van der Waals surface area contributed by atoms with Gasteiger partial charge in [0.25, 0.3) is 0 Å². The Morgan fingerprint density at radius 3 is 2.11 bits per heavy atom. The van der Waals surface area contributed by atoms with Crippen LogP contribution >= 0.6 is 0 Å². The van der Waals surface area contributed by atoms with Crippen LogP contribution in [-0.4, -0.2) is 26.4 Å². The lowest BCUT2D eigenvalue weighted by Crippen LogP contribution is -2.06. The number of nitrogens with two attached hydrogens (primary N) is 1. The molecule has 0 aliphatic rings. The zero-order valence-corrected chi connectivity index (χ0v) is 12.2. The molecule has 1 aromatic rings. The molecule has 4 nitrogen and oxygen atoms in total. The van der Waals surface area contributed by atoms with Gasteiger partial charge >= 0.3 is 0 Å². The van der Waals surface area contributed by atoms with Gasteiger partial charge in [0, 0.05) is 0 Å². The number of rotatable bonds is 9. The molecule has 0 saturated heterocycles. The van der Waals surface area contributed by atoms with E-state index < -0.39 is 0 Å². The minimum atomic E-state index is 0.584. The van der Waals surface area contributed by atoms with Crippen LogP contribution < -0.4 is 19.9 Å². The standard InChI is InChI=1S/C15H25NO3/c1-4-17-13-10-9-12(8-7-11-16)14(18-5-2)15(13)19-6-3/h9-10H,4-8,11,16H2,1-3H3. The Morgan fingerprint density at radius 1 is 0.895 bits per heavy atom. The van der Waals surface area contributed by atoms with E-state index in [1.54, 1.807) is 0 Å². The van der Waals surface area contributed by atoms with Crippen molar-refractivity contribution in [2.75, 3.05) is 26.4 Å². The highest BCUT2D eigenvalue weighted by Crippen LogP contribution is 2.40. The predicted octanol–water partition coefficient (Wildman–Crippen LogP) is 2.77. The molecule has 19 heavy (non-hydrogen) atoms. The Bertz CT molecular complexity index is 380. The normalized spacial score (nSPS) is 10.3. The summed E-state index contributed by atoms with van der Waals surface area (Å²) in [6.07, 6.45) is 1.82. The minimum absolute atomic E-state index is 0.584. The highest BCUT2D eigenvalue weighted by atomic mass is 16.5. The molecule has 0 amide bonds. The number of hydrogen-bond donors (Lipinski definition) is 1. The molecule has 1 rings (SSSR count). The predicted molar refractivity (Wildman–Crippen MR) is 77.3 cm³/mol. The van der Waals surface area contributed by atoms with Crippen LogP contribution in [0.5, 0.6) is 17.2 Å². The van der Waals surface area contributed by atoms with E-state index in [0.717, 1.165) is 29.9 Å². The molecular formula is C15H25NO3. The lowest BCUT2D eigenvalue weighted by molar-refractivity contribution is 0.259. The summed E-state index contributed by atoms with van der Waals surface area (Å²) in [6, 6.07) is 3.98. The Morgan fingerprint density at radius 2 is 1.53 bits per heavy atom. The van der Waals surface area contributed by atoms with Crippen molar-refractivity contribution in [2.45, 2.75) is 33.6 Å². The fourth-order valence-electron chi connectivity index (χ4n) is 1.93. The summed E-state index contributed by atoms with van der Waals surface area (Å²) < 4.78 is 17.1. The van der Waals surface area contributed by atoms with Gasteiger partial charge in [0.2, 0.25) is 5.75 Å². The second-order valence-corrected chi connectivity index (χ2v) is 4.07. The average molecular weight is 267 g/mol. The van der Waals surface area contributed by atoms with Crippen molar-refractivity contribution in [3.63, 3.8) is 0 Å². The van der Waals surface area contributed by atoms with E-state index in [-0.39, 0.29) is 0 Å². The van der Waals surface area contributed by atoms with E-state index in [0.29, 0.717) is 32.1 Å². The van der Waals surface area contributed by atoms with Crippen LogP contribution in [0.1, 0.15) is 32.8 Å². The van der Waals surface area contributed by atoms with Crippen molar-refractivity contribution in [1.82, 2.24) is 0 Å². The lowest BCUT2D eigenvalue weighted by Gasteiger charge is -2.18. The van der Waals surface area contributed by atoms with Crippen LogP contribution in [0.2, 0.25) is 0 Å². The molecule has 0 spiro atoms. The van der Waals surface area contributed by atoms with Crippen molar-refractivity contribution >= 4 is 0 Å². The fraction of sp³-hybridized carbons (Fsp3) is 0.600. The van der Waals surface area contributed by atoms with Crippen molar-refractivity contribution in [3.05, 3.63) is 17.7 Å². The molecule has 4 heteroatoms. The Hall–Kier alpha value is -1.42. The summed E-state index contributed by atoms with van der Waals surface area (Å²) in [5, 5.41) is 0. The fourth-order valence-corrected chi connectivity index (χ4v) is 1.93. The van der Waals surface area contributed by atoms with Gasteiger partial charge < -0.3 is 19.9 Å². The zero-order valence-electron chi connectivity index (χ0n) is 12.2. The molecule has 108 valence electrons. The van der Waals surface area contributed by atoms with E-state index in [1.165, 1.54) is 0 Å². The molecule has 0 fully saturated rings. The molecule has 0 aliphatic heterocycles.